The van der Waals surface area contributed by atoms with Crippen molar-refractivity contribution in [1.82, 2.24) is 4.72 Å². The molecule has 1 fully saturated rings. The largest absolute Gasteiger partial charge is 0.370 e. The van der Waals surface area contributed by atoms with Crippen LogP contribution >= 0.6 is 11.6 Å². The van der Waals surface area contributed by atoms with Gasteiger partial charge in [-0.25, -0.2) is 13.1 Å². The van der Waals surface area contributed by atoms with Crippen molar-refractivity contribution in [2.75, 3.05) is 23.3 Å². The number of alkyl halides is 1. The van der Waals surface area contributed by atoms with Gasteiger partial charge in [0.25, 0.3) is 0 Å². The summed E-state index contributed by atoms with van der Waals surface area (Å²) in [5.41, 5.74) is 7.72. The van der Waals surface area contributed by atoms with Crippen molar-refractivity contribution in [2.24, 2.45) is 11.7 Å². The van der Waals surface area contributed by atoms with E-state index in [4.69, 9.17) is 17.3 Å². The van der Waals surface area contributed by atoms with Crippen molar-refractivity contribution in [2.45, 2.75) is 36.1 Å². The van der Waals surface area contributed by atoms with E-state index in [1.807, 2.05) is 41.3 Å². The number of nitrogens with one attached hydrogen (secondary N) is 2. The number of carbonyl (C=O) groups is 2. The molecule has 38 heavy (non-hydrogen) atoms. The number of hydrogen-bond donors (Lipinski definition) is 3. The Labute approximate surface area is 228 Å². The Kier molecular flexibility index (Phi) is 8.71. The van der Waals surface area contributed by atoms with Crippen LogP contribution in [0.5, 0.6) is 0 Å². The molecule has 2 atom stereocenters. The van der Waals surface area contributed by atoms with Gasteiger partial charge in [-0.2, -0.15) is 0 Å². The van der Waals surface area contributed by atoms with Crippen LogP contribution in [0.2, 0.25) is 0 Å². The molecule has 3 aromatic rings. The number of anilines is 2. The number of nitrogens with two attached hydrogens (primary N) is 1. The number of nitrogens with zero attached hydrogens (tertiary/aromatic N) is 1. The molecule has 4 rings (SSSR count). The summed E-state index contributed by atoms with van der Waals surface area (Å²) in [5, 5.41) is 1.80. The SMILES string of the molecule is CC(NS(=O)(=O)c1cc(NC(=O)C(Cl)c2ccccc2)ccc1N1CCC(C(N)=O)CC1)c1ccccc1. The van der Waals surface area contributed by atoms with Crippen molar-refractivity contribution in [3.05, 3.63) is 90.0 Å². The summed E-state index contributed by atoms with van der Waals surface area (Å²) in [6.45, 7) is 2.73. The average molecular weight is 555 g/mol. The highest BCUT2D eigenvalue weighted by molar-refractivity contribution is 7.89. The van der Waals surface area contributed by atoms with Gasteiger partial charge in [-0.15, -0.1) is 11.6 Å². The molecule has 200 valence electrons. The first kappa shape index (κ1) is 27.6. The summed E-state index contributed by atoms with van der Waals surface area (Å²) in [6.07, 6.45) is 1.07. The molecule has 2 amide bonds. The van der Waals surface area contributed by atoms with Gasteiger partial charge in [0, 0.05) is 30.7 Å². The molecule has 1 aliphatic rings. The monoisotopic (exact) mass is 554 g/mol. The molecule has 0 aromatic heterocycles. The Balaban J connectivity index is 1.63. The molecule has 0 spiro atoms. The molecule has 0 radical (unpaired) electrons. The number of amides is 2. The van der Waals surface area contributed by atoms with Crippen LogP contribution in [-0.4, -0.2) is 33.3 Å². The summed E-state index contributed by atoms with van der Waals surface area (Å²) >= 11 is 6.38. The van der Waals surface area contributed by atoms with Gasteiger partial charge in [0.05, 0.1) is 5.69 Å². The fourth-order valence-corrected chi connectivity index (χ4v) is 6.24. The predicted octanol–water partition coefficient (Wildman–Crippen LogP) is 4.35. The number of halogens is 1. The summed E-state index contributed by atoms with van der Waals surface area (Å²) in [6, 6.07) is 22.5. The zero-order chi connectivity index (χ0) is 27.3. The van der Waals surface area contributed by atoms with E-state index in [1.165, 1.54) is 6.07 Å². The second-order valence-corrected chi connectivity index (χ2v) is 11.5. The topological polar surface area (TPSA) is 122 Å². The summed E-state index contributed by atoms with van der Waals surface area (Å²) in [7, 11) is -4.02. The molecule has 10 heteroatoms. The standard InChI is InChI=1S/C28H31ClN4O4S/c1-19(20-8-4-2-5-9-20)32-38(36,37)25-18-23(31-28(35)26(29)21-10-6-3-7-11-21)12-13-24(25)33-16-14-22(15-17-33)27(30)34/h2-13,18-19,22,26,32H,14-17H2,1H3,(H2,30,34)(H,31,35). The number of piperidine rings is 1. The van der Waals surface area contributed by atoms with Crippen molar-refractivity contribution < 1.29 is 18.0 Å². The van der Waals surface area contributed by atoms with Gasteiger partial charge in [-0.1, -0.05) is 60.7 Å². The molecular formula is C28H31ClN4O4S. The van der Waals surface area contributed by atoms with Crippen molar-refractivity contribution in [3.8, 4) is 0 Å². The van der Waals surface area contributed by atoms with Crippen molar-refractivity contribution in [3.63, 3.8) is 0 Å². The van der Waals surface area contributed by atoms with Gasteiger partial charge in [0.15, 0.2) is 0 Å². The van der Waals surface area contributed by atoms with Crippen molar-refractivity contribution in [1.29, 1.82) is 0 Å². The second-order valence-electron chi connectivity index (χ2n) is 9.36. The second kappa shape index (κ2) is 12.0. The molecule has 3 aromatic carbocycles. The molecule has 0 aliphatic carbocycles. The maximum atomic E-state index is 13.7. The number of rotatable bonds is 9. The van der Waals surface area contributed by atoms with Crippen molar-refractivity contribution >= 4 is 44.8 Å². The molecule has 4 N–H and O–H groups in total. The maximum absolute atomic E-state index is 13.7. The Morgan fingerprint density at radius 3 is 2.11 bits per heavy atom. The molecular weight excluding hydrogens is 524 g/mol. The molecule has 0 saturated carbocycles. The molecule has 0 bridgehead atoms. The molecule has 1 aliphatic heterocycles. The molecule has 8 nitrogen and oxygen atoms in total. The smallest absolute Gasteiger partial charge is 0.246 e. The highest BCUT2D eigenvalue weighted by Gasteiger charge is 2.29. The first-order valence-corrected chi connectivity index (χ1v) is 14.3. The van der Waals surface area contributed by atoms with Crippen LogP contribution in [0.25, 0.3) is 0 Å². The van der Waals surface area contributed by atoms with E-state index >= 15 is 0 Å². The third-order valence-electron chi connectivity index (χ3n) is 6.71. The first-order valence-electron chi connectivity index (χ1n) is 12.4. The van der Waals surface area contributed by atoms with Gasteiger partial charge in [-0.05, 0) is 49.1 Å². The van der Waals surface area contributed by atoms with E-state index in [0.29, 0.717) is 42.9 Å². The lowest BCUT2D eigenvalue weighted by molar-refractivity contribution is -0.122. The van der Waals surface area contributed by atoms with Gasteiger partial charge in [0.2, 0.25) is 21.8 Å². The van der Waals surface area contributed by atoms with Gasteiger partial charge in [0.1, 0.15) is 10.3 Å². The minimum absolute atomic E-state index is 0.0291. The maximum Gasteiger partial charge on any atom is 0.246 e. The summed E-state index contributed by atoms with van der Waals surface area (Å²) in [4.78, 5) is 26.5. The number of primary amides is 1. The Morgan fingerprint density at radius 2 is 1.53 bits per heavy atom. The van der Waals surface area contributed by atoms with Crippen LogP contribution in [0.4, 0.5) is 11.4 Å². The Morgan fingerprint density at radius 1 is 0.947 bits per heavy atom. The Hall–Kier alpha value is -3.40. The number of carbonyl (C=O) groups excluding carboxylic acids is 2. The first-order chi connectivity index (χ1) is 18.2. The number of sulfonamides is 1. The third kappa shape index (κ3) is 6.53. The predicted molar refractivity (Wildman–Crippen MR) is 149 cm³/mol. The minimum atomic E-state index is -4.02. The van der Waals surface area contributed by atoms with Crippen LogP contribution in [0.3, 0.4) is 0 Å². The lowest BCUT2D eigenvalue weighted by Crippen LogP contribution is -2.39. The quantitative estimate of drug-likeness (QED) is 0.340. The van der Waals surface area contributed by atoms with Crippen LogP contribution in [0, 0.1) is 5.92 Å². The lowest BCUT2D eigenvalue weighted by atomic mass is 9.96. The fraction of sp³-hybridized carbons (Fsp3) is 0.286. The van der Waals surface area contributed by atoms with Crippen LogP contribution in [0.1, 0.15) is 42.3 Å². The van der Waals surface area contributed by atoms with E-state index in [9.17, 15) is 18.0 Å². The Bertz CT molecular complexity index is 1380. The van der Waals surface area contributed by atoms with Gasteiger partial charge >= 0.3 is 0 Å². The zero-order valence-electron chi connectivity index (χ0n) is 21.0. The highest BCUT2D eigenvalue weighted by Crippen LogP contribution is 2.33. The van der Waals surface area contributed by atoms with Crippen LogP contribution in [-0.2, 0) is 19.6 Å². The van der Waals surface area contributed by atoms with E-state index in [0.717, 1.165) is 5.56 Å². The highest BCUT2D eigenvalue weighted by atomic mass is 35.5. The molecule has 2 unspecified atom stereocenters. The summed E-state index contributed by atoms with van der Waals surface area (Å²) < 4.78 is 30.1. The third-order valence-corrected chi connectivity index (χ3v) is 8.73. The lowest BCUT2D eigenvalue weighted by Gasteiger charge is -2.33. The number of hydrogen-bond acceptors (Lipinski definition) is 5. The normalized spacial score (nSPS) is 16.0. The molecule has 1 saturated heterocycles. The van der Waals surface area contributed by atoms with E-state index in [2.05, 4.69) is 10.0 Å². The molecule has 1 heterocycles. The van der Waals surface area contributed by atoms with Gasteiger partial charge in [-0.3, -0.25) is 9.59 Å². The van der Waals surface area contributed by atoms with Gasteiger partial charge < -0.3 is 16.0 Å². The zero-order valence-corrected chi connectivity index (χ0v) is 22.6. The minimum Gasteiger partial charge on any atom is -0.370 e. The van der Waals surface area contributed by atoms with E-state index in [-0.39, 0.29) is 16.7 Å². The van der Waals surface area contributed by atoms with Crippen LogP contribution in [0.15, 0.2) is 83.8 Å². The fourth-order valence-electron chi connectivity index (χ4n) is 4.56. The number of benzene rings is 3. The van der Waals surface area contributed by atoms with Crippen LogP contribution < -0.4 is 20.7 Å². The summed E-state index contributed by atoms with van der Waals surface area (Å²) in [5.74, 6) is -1.05. The average Bonchev–Trinajstić information content (AvgIpc) is 2.93. The van der Waals surface area contributed by atoms with E-state index in [1.54, 1.807) is 43.3 Å². The van der Waals surface area contributed by atoms with E-state index < -0.39 is 27.3 Å².